The second-order valence-corrected chi connectivity index (χ2v) is 17.6. The van der Waals surface area contributed by atoms with E-state index in [1.807, 2.05) is 0 Å². The maximum atomic E-state index is 12.8. The van der Waals surface area contributed by atoms with Crippen molar-refractivity contribution in [3.05, 3.63) is 72.9 Å². The summed E-state index contributed by atoms with van der Waals surface area (Å²) in [5.74, 6) is -1.14. The molecule has 362 valence electrons. The number of hydrogen-bond donors (Lipinski definition) is 6. The highest BCUT2D eigenvalue weighted by molar-refractivity contribution is 7.47. The second-order valence-electron chi connectivity index (χ2n) is 16.2. The topological polar surface area (TPSA) is 210 Å². The number of aliphatic hydroxyl groups is 5. The van der Waals surface area contributed by atoms with Crippen LogP contribution in [0.3, 0.4) is 0 Å². The molecule has 0 aliphatic heterocycles. The van der Waals surface area contributed by atoms with Crippen LogP contribution in [-0.4, -0.2) is 98.3 Å². The third-order valence-corrected chi connectivity index (χ3v) is 11.5. The van der Waals surface area contributed by atoms with Crippen molar-refractivity contribution in [2.45, 2.75) is 211 Å². The van der Waals surface area contributed by atoms with E-state index in [2.05, 4.69) is 86.8 Å². The molecule has 0 bridgehead atoms. The second kappa shape index (κ2) is 38.5. The molecule has 1 aliphatic carbocycles. The van der Waals surface area contributed by atoms with Gasteiger partial charge in [0.15, 0.2) is 6.10 Å². The predicted octanol–water partition coefficient (Wildman–Crippen LogP) is 9.50. The quantitative estimate of drug-likeness (QED) is 0.0148. The van der Waals surface area contributed by atoms with Crippen LogP contribution in [0.15, 0.2) is 72.9 Å². The van der Waals surface area contributed by atoms with Crippen LogP contribution in [0.25, 0.3) is 0 Å². The first-order valence-electron chi connectivity index (χ1n) is 23.7. The Hall–Kier alpha value is -2.71. The van der Waals surface area contributed by atoms with Crippen molar-refractivity contribution in [2.24, 2.45) is 0 Å². The van der Waals surface area contributed by atoms with E-state index < -0.39 is 75.7 Å². The normalized spacial score (nSPS) is 22.3. The van der Waals surface area contributed by atoms with E-state index in [1.165, 1.54) is 25.7 Å². The lowest BCUT2D eigenvalue weighted by molar-refractivity contribution is -0.220. The van der Waals surface area contributed by atoms with Gasteiger partial charge in [-0.25, -0.2) is 4.57 Å². The molecule has 0 aromatic rings. The lowest BCUT2D eigenvalue weighted by Gasteiger charge is -2.41. The summed E-state index contributed by atoms with van der Waals surface area (Å²) in [5, 5.41) is 50.2. The number of allylic oxidation sites excluding steroid dienone is 12. The maximum absolute atomic E-state index is 12.8. The van der Waals surface area contributed by atoms with Crippen molar-refractivity contribution in [1.29, 1.82) is 0 Å². The molecule has 6 N–H and O–H groups in total. The Kier molecular flexibility index (Phi) is 35.7. The number of ether oxygens (including phenoxy) is 2. The molecule has 1 fully saturated rings. The Morgan fingerprint density at radius 1 is 0.508 bits per heavy atom. The zero-order valence-corrected chi connectivity index (χ0v) is 39.2. The molecule has 0 heterocycles. The van der Waals surface area contributed by atoms with E-state index in [9.17, 15) is 44.6 Å². The molecule has 14 heteroatoms. The summed E-state index contributed by atoms with van der Waals surface area (Å²) < 4.78 is 33.5. The lowest BCUT2D eigenvalue weighted by Crippen LogP contribution is -2.64. The van der Waals surface area contributed by atoms with E-state index in [1.54, 1.807) is 0 Å². The maximum Gasteiger partial charge on any atom is 0.472 e. The van der Waals surface area contributed by atoms with Gasteiger partial charge in [0, 0.05) is 12.8 Å². The van der Waals surface area contributed by atoms with Crippen LogP contribution in [0.2, 0.25) is 0 Å². The van der Waals surface area contributed by atoms with Crippen molar-refractivity contribution < 1.29 is 63.1 Å². The van der Waals surface area contributed by atoms with Gasteiger partial charge in [-0.15, -0.1) is 0 Å². The molecule has 0 spiro atoms. The average molecular weight is 911 g/mol. The third-order valence-electron chi connectivity index (χ3n) is 10.5. The molecule has 1 rings (SSSR count). The van der Waals surface area contributed by atoms with Crippen LogP contribution in [0, 0.1) is 0 Å². The summed E-state index contributed by atoms with van der Waals surface area (Å²) in [6.07, 6.45) is 35.2. The van der Waals surface area contributed by atoms with E-state index >= 15 is 0 Å². The fourth-order valence-electron chi connectivity index (χ4n) is 6.72. The van der Waals surface area contributed by atoms with Crippen LogP contribution < -0.4 is 0 Å². The molecule has 0 aromatic heterocycles. The summed E-state index contributed by atoms with van der Waals surface area (Å²) in [4.78, 5) is 35.7. The van der Waals surface area contributed by atoms with E-state index in [4.69, 9.17) is 18.5 Å². The van der Waals surface area contributed by atoms with Crippen molar-refractivity contribution in [1.82, 2.24) is 0 Å². The number of carbonyl (C=O) groups excluding carboxylic acids is 2. The molecule has 1 aliphatic rings. The Morgan fingerprint density at radius 3 is 1.38 bits per heavy atom. The van der Waals surface area contributed by atoms with Gasteiger partial charge in [0.2, 0.25) is 0 Å². The van der Waals surface area contributed by atoms with Crippen molar-refractivity contribution in [3.63, 3.8) is 0 Å². The number of aliphatic hydroxyl groups excluding tert-OH is 5. The van der Waals surface area contributed by atoms with Crippen molar-refractivity contribution in [2.75, 3.05) is 13.2 Å². The smallest absolute Gasteiger partial charge is 0.462 e. The monoisotopic (exact) mass is 911 g/mol. The molecule has 8 atom stereocenters. The van der Waals surface area contributed by atoms with Gasteiger partial charge >= 0.3 is 19.8 Å². The third kappa shape index (κ3) is 31.0. The molecule has 6 unspecified atom stereocenters. The van der Waals surface area contributed by atoms with E-state index in [0.29, 0.717) is 12.8 Å². The van der Waals surface area contributed by atoms with Crippen LogP contribution in [0.4, 0.5) is 0 Å². The van der Waals surface area contributed by atoms with Crippen LogP contribution >= 0.6 is 7.82 Å². The van der Waals surface area contributed by atoms with Crippen LogP contribution in [-0.2, 0) is 32.7 Å². The number of phosphoric ester groups is 1. The number of hydrogen-bond acceptors (Lipinski definition) is 12. The van der Waals surface area contributed by atoms with E-state index in [0.717, 1.165) is 103 Å². The molecular formula is C49H83O13P. The summed E-state index contributed by atoms with van der Waals surface area (Å²) in [6.45, 7) is 3.13. The van der Waals surface area contributed by atoms with Gasteiger partial charge in [-0.3, -0.25) is 18.6 Å². The summed E-state index contributed by atoms with van der Waals surface area (Å²) in [5.41, 5.74) is 0. The SMILES string of the molecule is CCC=CCC=CCC=CCCCCCCCC(=O)O[C@H](COC(=O)CCCCCCCCC=CCC=CCC=CCCCCC)COP(=O)(O)OC1C(O)C(O)C(O)[C@@H](O)C1O. The molecule has 63 heavy (non-hydrogen) atoms. The fourth-order valence-corrected chi connectivity index (χ4v) is 7.69. The molecule has 1 saturated carbocycles. The summed E-state index contributed by atoms with van der Waals surface area (Å²) >= 11 is 0. The van der Waals surface area contributed by atoms with Crippen molar-refractivity contribution in [3.8, 4) is 0 Å². The number of phosphoric acid groups is 1. The Labute approximate surface area is 378 Å². The zero-order chi connectivity index (χ0) is 46.4. The first kappa shape index (κ1) is 58.3. The van der Waals surface area contributed by atoms with Gasteiger partial charge in [0.1, 0.15) is 43.2 Å². The number of rotatable bonds is 38. The minimum Gasteiger partial charge on any atom is -0.462 e. The molecule has 0 radical (unpaired) electrons. The largest absolute Gasteiger partial charge is 0.472 e. The Morgan fingerprint density at radius 2 is 0.905 bits per heavy atom. The Bertz CT molecular complexity index is 1380. The van der Waals surface area contributed by atoms with Crippen LogP contribution in [0.5, 0.6) is 0 Å². The highest BCUT2D eigenvalue weighted by atomic mass is 31.2. The number of carbonyl (C=O) groups is 2. The predicted molar refractivity (Wildman–Crippen MR) is 249 cm³/mol. The summed E-state index contributed by atoms with van der Waals surface area (Å²) in [6, 6.07) is 0. The zero-order valence-electron chi connectivity index (χ0n) is 38.3. The molecule has 13 nitrogen and oxygen atoms in total. The highest BCUT2D eigenvalue weighted by Gasteiger charge is 2.51. The molecular weight excluding hydrogens is 828 g/mol. The Balaban J connectivity index is 2.46. The number of unbranched alkanes of at least 4 members (excludes halogenated alkanes) is 14. The van der Waals surface area contributed by atoms with Gasteiger partial charge in [0.05, 0.1) is 6.61 Å². The molecule has 0 saturated heterocycles. The highest BCUT2D eigenvalue weighted by Crippen LogP contribution is 2.47. The minimum absolute atomic E-state index is 0.0704. The lowest BCUT2D eigenvalue weighted by atomic mass is 9.85. The van der Waals surface area contributed by atoms with Gasteiger partial charge in [0.25, 0.3) is 0 Å². The molecule has 0 amide bonds. The first-order valence-corrected chi connectivity index (χ1v) is 25.2. The minimum atomic E-state index is -5.13. The first-order chi connectivity index (χ1) is 30.4. The van der Waals surface area contributed by atoms with Gasteiger partial charge in [-0.2, -0.15) is 0 Å². The average Bonchev–Trinajstić information content (AvgIpc) is 3.26. The van der Waals surface area contributed by atoms with Gasteiger partial charge < -0.3 is 39.9 Å². The fraction of sp³-hybridized carbons (Fsp3) is 0.714. The van der Waals surface area contributed by atoms with Gasteiger partial charge in [-0.05, 0) is 83.5 Å². The standard InChI is InChI=1S/C49H83O13P/c1-3-5-7-9-11-13-15-17-19-20-21-22-24-25-27-29-31-33-35-37-42(50)59-39-41(40-60-63(57,58)62-49-47(55)45(53)44(52)46(54)48(49)56)61-43(51)38-36-34-32-30-28-26-23-18-16-14-12-10-8-6-4-2/h6,8,11-14,17-19,21-23,41,44-49,52-56H,3-5,7,9-10,15-16,20,24-40H2,1-2H3,(H,57,58)/t41-,44?,45-,46?,47?,48?,49?/m1/s1. The van der Waals surface area contributed by atoms with E-state index in [-0.39, 0.29) is 12.8 Å². The summed E-state index contributed by atoms with van der Waals surface area (Å²) in [7, 11) is -5.13. The van der Waals surface area contributed by atoms with Gasteiger partial charge in [-0.1, -0.05) is 145 Å². The van der Waals surface area contributed by atoms with Crippen LogP contribution in [0.1, 0.15) is 168 Å². The molecule has 0 aromatic carbocycles. The van der Waals surface area contributed by atoms with Crippen molar-refractivity contribution >= 4 is 19.8 Å². The number of esters is 2.